The van der Waals surface area contributed by atoms with Gasteiger partial charge in [0.15, 0.2) is 0 Å². The molecule has 2 rings (SSSR count). The van der Waals surface area contributed by atoms with Gasteiger partial charge in [-0.2, -0.15) is 4.31 Å². The van der Waals surface area contributed by atoms with Gasteiger partial charge in [-0.25, -0.2) is 8.42 Å². The number of nitrogens with zero attached hydrogens (tertiary/aromatic N) is 1. The Kier molecular flexibility index (Phi) is 5.46. The summed E-state index contributed by atoms with van der Waals surface area (Å²) in [6.07, 6.45) is 4.20. The number of rotatable bonds is 5. The van der Waals surface area contributed by atoms with E-state index >= 15 is 0 Å². The zero-order valence-electron chi connectivity index (χ0n) is 13.3. The molecule has 1 heterocycles. The van der Waals surface area contributed by atoms with Crippen molar-refractivity contribution in [2.45, 2.75) is 56.3 Å². The van der Waals surface area contributed by atoms with Gasteiger partial charge in [-0.1, -0.05) is 6.92 Å². The maximum absolute atomic E-state index is 12.8. The zero-order chi connectivity index (χ0) is 15.6. The van der Waals surface area contributed by atoms with Gasteiger partial charge in [0, 0.05) is 24.5 Å². The molecule has 0 aliphatic heterocycles. The van der Waals surface area contributed by atoms with E-state index in [2.05, 4.69) is 12.2 Å². The Morgan fingerprint density at radius 3 is 2.52 bits per heavy atom. The molecule has 4 nitrogen and oxygen atoms in total. The summed E-state index contributed by atoms with van der Waals surface area (Å²) in [5.41, 5.74) is 1.05. The topological polar surface area (TPSA) is 49.4 Å². The van der Waals surface area contributed by atoms with E-state index in [1.807, 2.05) is 20.0 Å². The Hall–Kier alpha value is -0.430. The molecule has 1 aliphatic carbocycles. The van der Waals surface area contributed by atoms with Crippen LogP contribution in [-0.4, -0.2) is 32.9 Å². The van der Waals surface area contributed by atoms with Crippen LogP contribution in [0.15, 0.2) is 10.3 Å². The first-order chi connectivity index (χ1) is 9.86. The van der Waals surface area contributed by atoms with Gasteiger partial charge in [0.1, 0.15) is 4.21 Å². The van der Waals surface area contributed by atoms with Crippen molar-refractivity contribution in [3.8, 4) is 0 Å². The highest BCUT2D eigenvalue weighted by Crippen LogP contribution is 2.33. The fourth-order valence-electron chi connectivity index (χ4n) is 2.90. The highest BCUT2D eigenvalue weighted by atomic mass is 32.2. The summed E-state index contributed by atoms with van der Waals surface area (Å²) in [6, 6.07) is 1.97. The lowest BCUT2D eigenvalue weighted by atomic mass is 9.87. The highest BCUT2D eigenvalue weighted by Gasteiger charge is 2.31. The van der Waals surface area contributed by atoms with Crippen molar-refractivity contribution < 1.29 is 8.42 Å². The van der Waals surface area contributed by atoms with Crippen LogP contribution in [0.25, 0.3) is 0 Å². The Balaban J connectivity index is 2.18. The van der Waals surface area contributed by atoms with E-state index in [-0.39, 0.29) is 6.04 Å². The molecule has 0 atom stereocenters. The molecule has 0 saturated heterocycles. The van der Waals surface area contributed by atoms with E-state index in [0.717, 1.165) is 48.6 Å². The number of hydrogen-bond donors (Lipinski definition) is 1. The summed E-state index contributed by atoms with van der Waals surface area (Å²) in [6.45, 7) is 4.94. The summed E-state index contributed by atoms with van der Waals surface area (Å²) in [7, 11) is 0.265. The molecule has 6 heteroatoms. The Morgan fingerprint density at radius 2 is 1.95 bits per heavy atom. The molecule has 1 aromatic rings. The monoisotopic (exact) mass is 330 g/mol. The molecule has 0 aromatic carbocycles. The Morgan fingerprint density at radius 1 is 1.33 bits per heavy atom. The minimum absolute atomic E-state index is 0.154. The molecule has 1 fully saturated rings. The lowest BCUT2D eigenvalue weighted by molar-refractivity contribution is 0.246. The maximum Gasteiger partial charge on any atom is 0.252 e. The number of thiophene rings is 1. The zero-order valence-corrected chi connectivity index (χ0v) is 15.0. The average Bonchev–Trinajstić information content (AvgIpc) is 2.81. The van der Waals surface area contributed by atoms with E-state index in [0.29, 0.717) is 4.21 Å². The minimum atomic E-state index is -3.35. The molecule has 21 heavy (non-hydrogen) atoms. The number of sulfonamides is 1. The van der Waals surface area contributed by atoms with Crippen LogP contribution in [0.5, 0.6) is 0 Å². The molecular formula is C15H26N2O2S2. The normalized spacial score (nSPS) is 23.7. The fourth-order valence-corrected chi connectivity index (χ4v) is 6.10. The minimum Gasteiger partial charge on any atom is -0.315 e. The van der Waals surface area contributed by atoms with E-state index in [1.54, 1.807) is 11.4 Å². The van der Waals surface area contributed by atoms with Gasteiger partial charge >= 0.3 is 0 Å². The molecule has 0 bridgehead atoms. The van der Waals surface area contributed by atoms with E-state index in [9.17, 15) is 8.42 Å². The molecule has 0 unspecified atom stereocenters. The summed E-state index contributed by atoms with van der Waals surface area (Å²) in [5, 5.41) is 3.09. The quantitative estimate of drug-likeness (QED) is 0.903. The Labute approximate surface area is 132 Å². The summed E-state index contributed by atoms with van der Waals surface area (Å²) >= 11 is 1.39. The predicted octanol–water partition coefficient (Wildman–Crippen LogP) is 2.98. The summed E-state index contributed by atoms with van der Waals surface area (Å²) in [5.74, 6) is 0.726. The SMILES string of the molecule is CNCc1sc(S(=O)(=O)N(C)C2CCC(C)CC2)cc1C. The summed E-state index contributed by atoms with van der Waals surface area (Å²) in [4.78, 5) is 1.10. The average molecular weight is 331 g/mol. The van der Waals surface area contributed by atoms with Crippen LogP contribution in [0, 0.1) is 12.8 Å². The molecule has 1 aliphatic rings. The van der Waals surface area contributed by atoms with Gasteiger partial charge < -0.3 is 5.32 Å². The molecule has 0 spiro atoms. The van der Waals surface area contributed by atoms with Crippen molar-refractivity contribution in [3.05, 3.63) is 16.5 Å². The third kappa shape index (κ3) is 3.67. The third-order valence-electron chi connectivity index (χ3n) is 4.47. The van der Waals surface area contributed by atoms with Gasteiger partial charge in [0.2, 0.25) is 0 Å². The lowest BCUT2D eigenvalue weighted by Crippen LogP contribution is -2.38. The van der Waals surface area contributed by atoms with Crippen LogP contribution in [0.1, 0.15) is 43.0 Å². The van der Waals surface area contributed by atoms with Gasteiger partial charge in [0.05, 0.1) is 0 Å². The number of nitrogens with one attached hydrogen (secondary N) is 1. The van der Waals surface area contributed by atoms with Crippen molar-refractivity contribution in [1.29, 1.82) is 0 Å². The molecule has 1 aromatic heterocycles. The predicted molar refractivity (Wildman–Crippen MR) is 88.2 cm³/mol. The first-order valence-corrected chi connectivity index (χ1v) is 9.84. The van der Waals surface area contributed by atoms with Crippen molar-refractivity contribution in [3.63, 3.8) is 0 Å². The van der Waals surface area contributed by atoms with Crippen molar-refractivity contribution in [2.75, 3.05) is 14.1 Å². The number of hydrogen-bond acceptors (Lipinski definition) is 4. The van der Waals surface area contributed by atoms with Gasteiger partial charge in [0.25, 0.3) is 10.0 Å². The van der Waals surface area contributed by atoms with Gasteiger partial charge in [-0.05, 0) is 57.2 Å². The summed E-state index contributed by atoms with van der Waals surface area (Å²) < 4.78 is 27.7. The van der Waals surface area contributed by atoms with Crippen molar-refractivity contribution in [1.82, 2.24) is 9.62 Å². The standard InChI is InChI=1S/C15H26N2O2S2/c1-11-5-7-13(8-6-11)17(4)21(18,19)15-9-12(2)14(20-15)10-16-3/h9,11,13,16H,5-8,10H2,1-4H3. The molecule has 0 radical (unpaired) electrons. The van der Waals surface area contributed by atoms with Crippen LogP contribution in [0.3, 0.4) is 0 Å². The molecule has 0 amide bonds. The molecule has 1 N–H and O–H groups in total. The van der Waals surface area contributed by atoms with Crippen LogP contribution in [0.2, 0.25) is 0 Å². The second-order valence-corrected chi connectivity index (χ2v) is 9.50. The van der Waals surface area contributed by atoms with E-state index in [4.69, 9.17) is 0 Å². The molecule has 120 valence electrons. The third-order valence-corrected chi connectivity index (χ3v) is 8.06. The van der Waals surface area contributed by atoms with Crippen LogP contribution in [0.4, 0.5) is 0 Å². The van der Waals surface area contributed by atoms with E-state index in [1.165, 1.54) is 11.3 Å². The number of aryl methyl sites for hydroxylation is 1. The van der Waals surface area contributed by atoms with Crippen LogP contribution in [-0.2, 0) is 16.6 Å². The van der Waals surface area contributed by atoms with Gasteiger partial charge in [-0.15, -0.1) is 11.3 Å². The maximum atomic E-state index is 12.8. The smallest absolute Gasteiger partial charge is 0.252 e. The molecular weight excluding hydrogens is 304 g/mol. The Bertz CT molecular complexity index is 572. The van der Waals surface area contributed by atoms with Gasteiger partial charge in [-0.3, -0.25) is 0 Å². The van der Waals surface area contributed by atoms with E-state index < -0.39 is 10.0 Å². The first kappa shape index (κ1) is 16.9. The van der Waals surface area contributed by atoms with Crippen molar-refractivity contribution >= 4 is 21.4 Å². The second-order valence-electron chi connectivity index (χ2n) is 6.14. The second kappa shape index (κ2) is 6.77. The van der Waals surface area contributed by atoms with Crippen molar-refractivity contribution in [2.24, 2.45) is 5.92 Å². The first-order valence-electron chi connectivity index (χ1n) is 7.58. The van der Waals surface area contributed by atoms with Crippen LogP contribution < -0.4 is 5.32 Å². The lowest BCUT2D eigenvalue weighted by Gasteiger charge is -2.32. The van der Waals surface area contributed by atoms with Crippen LogP contribution >= 0.6 is 11.3 Å². The molecule has 1 saturated carbocycles. The largest absolute Gasteiger partial charge is 0.315 e. The highest BCUT2D eigenvalue weighted by molar-refractivity contribution is 7.91. The fraction of sp³-hybridized carbons (Fsp3) is 0.733.